The molecule has 7 heteroatoms. The van der Waals surface area contributed by atoms with Crippen LogP contribution >= 0.6 is 0 Å². The van der Waals surface area contributed by atoms with Gasteiger partial charge in [0.1, 0.15) is 12.6 Å². The summed E-state index contributed by atoms with van der Waals surface area (Å²) in [6, 6.07) is 6.31. The maximum absolute atomic E-state index is 10.7. The molecule has 2 aromatic rings. The van der Waals surface area contributed by atoms with Crippen molar-refractivity contribution in [3.63, 3.8) is 0 Å². The smallest absolute Gasteiger partial charge is 0.320 e. The van der Waals surface area contributed by atoms with Crippen LogP contribution in [0.25, 0.3) is 11.4 Å². The molecule has 2 rings (SSSR count). The molecule has 0 fully saturated rings. The van der Waals surface area contributed by atoms with Crippen LogP contribution in [0.3, 0.4) is 0 Å². The van der Waals surface area contributed by atoms with E-state index in [1.54, 1.807) is 24.3 Å². The van der Waals surface area contributed by atoms with E-state index in [1.165, 1.54) is 0 Å². The van der Waals surface area contributed by atoms with E-state index in [4.69, 9.17) is 20.1 Å². The molecule has 21 heavy (non-hydrogen) atoms. The van der Waals surface area contributed by atoms with Crippen molar-refractivity contribution in [3.05, 3.63) is 35.7 Å². The summed E-state index contributed by atoms with van der Waals surface area (Å²) in [6.07, 6.45) is 0.275. The topological polar surface area (TPSA) is 111 Å². The monoisotopic (exact) mass is 291 g/mol. The first kappa shape index (κ1) is 15.1. The van der Waals surface area contributed by atoms with E-state index in [-0.39, 0.29) is 13.0 Å². The van der Waals surface area contributed by atoms with Crippen LogP contribution in [-0.4, -0.2) is 33.9 Å². The van der Waals surface area contributed by atoms with Crippen LogP contribution in [0.1, 0.15) is 18.4 Å². The third-order valence-electron chi connectivity index (χ3n) is 2.88. The fraction of sp³-hybridized carbons (Fsp3) is 0.357. The first-order chi connectivity index (χ1) is 10.1. The molecule has 7 nitrogen and oxygen atoms in total. The lowest BCUT2D eigenvalue weighted by Crippen LogP contribution is -2.32. The Labute approximate surface area is 121 Å². The second kappa shape index (κ2) is 6.96. The number of carbonyl (C=O) groups is 1. The van der Waals surface area contributed by atoms with Gasteiger partial charge in [0, 0.05) is 12.2 Å². The standard InChI is InChI=1S/C14H17N3O4/c1-2-20-8-12-16-13(17-21-12)10-5-3-9(4-6-10)7-11(15)14(18)19/h3-6,11H,2,7-8,15H2,1H3,(H,18,19)/t11-/m0/s1. The zero-order chi connectivity index (χ0) is 15.2. The molecule has 1 heterocycles. The first-order valence-electron chi connectivity index (χ1n) is 6.58. The number of aliphatic carboxylic acids is 1. The highest BCUT2D eigenvalue weighted by Gasteiger charge is 2.13. The molecule has 0 radical (unpaired) electrons. The molecule has 0 aliphatic heterocycles. The minimum atomic E-state index is -1.02. The van der Waals surface area contributed by atoms with Gasteiger partial charge in [0.05, 0.1) is 0 Å². The predicted molar refractivity (Wildman–Crippen MR) is 74.4 cm³/mol. The number of nitrogens with zero attached hydrogens (tertiary/aromatic N) is 2. The Hall–Kier alpha value is -2.25. The Balaban J connectivity index is 2.04. The number of ether oxygens (including phenoxy) is 1. The molecule has 0 aliphatic carbocycles. The van der Waals surface area contributed by atoms with Crippen molar-refractivity contribution < 1.29 is 19.2 Å². The molecule has 0 bridgehead atoms. The maximum atomic E-state index is 10.7. The Kier molecular flexibility index (Phi) is 5.02. The van der Waals surface area contributed by atoms with Crippen molar-refractivity contribution in [1.29, 1.82) is 0 Å². The van der Waals surface area contributed by atoms with Crippen molar-refractivity contribution in [2.45, 2.75) is 26.0 Å². The summed E-state index contributed by atoms with van der Waals surface area (Å²) in [5.41, 5.74) is 7.12. The summed E-state index contributed by atoms with van der Waals surface area (Å²) < 4.78 is 10.3. The lowest BCUT2D eigenvalue weighted by atomic mass is 10.0. The van der Waals surface area contributed by atoms with Crippen molar-refractivity contribution in [2.75, 3.05) is 6.61 Å². The maximum Gasteiger partial charge on any atom is 0.320 e. The molecule has 112 valence electrons. The van der Waals surface area contributed by atoms with Gasteiger partial charge in [0.25, 0.3) is 5.89 Å². The zero-order valence-electron chi connectivity index (χ0n) is 11.7. The molecular formula is C14H17N3O4. The van der Waals surface area contributed by atoms with Crippen LogP contribution in [0.2, 0.25) is 0 Å². The van der Waals surface area contributed by atoms with Crippen LogP contribution in [0.4, 0.5) is 0 Å². The van der Waals surface area contributed by atoms with Gasteiger partial charge in [-0.05, 0) is 18.9 Å². The molecule has 0 saturated heterocycles. The highest BCUT2D eigenvalue weighted by atomic mass is 16.5. The third-order valence-corrected chi connectivity index (χ3v) is 2.88. The molecule has 0 spiro atoms. The number of carboxylic acids is 1. The summed E-state index contributed by atoms with van der Waals surface area (Å²) >= 11 is 0. The number of hydrogen-bond donors (Lipinski definition) is 2. The summed E-state index contributed by atoms with van der Waals surface area (Å²) in [5.74, 6) is -0.125. The van der Waals surface area contributed by atoms with E-state index in [2.05, 4.69) is 10.1 Å². The number of benzene rings is 1. The van der Waals surface area contributed by atoms with Gasteiger partial charge in [-0.3, -0.25) is 4.79 Å². The molecule has 0 amide bonds. The minimum absolute atomic E-state index is 0.275. The van der Waals surface area contributed by atoms with Crippen molar-refractivity contribution in [1.82, 2.24) is 10.1 Å². The molecule has 0 saturated carbocycles. The van der Waals surface area contributed by atoms with Gasteiger partial charge in [0.2, 0.25) is 5.82 Å². The Morgan fingerprint density at radius 2 is 2.14 bits per heavy atom. The fourth-order valence-electron chi connectivity index (χ4n) is 1.75. The van der Waals surface area contributed by atoms with Crippen LogP contribution < -0.4 is 5.73 Å². The summed E-state index contributed by atoms with van der Waals surface area (Å²) in [7, 11) is 0. The average Bonchev–Trinajstić information content (AvgIpc) is 2.94. The lowest BCUT2D eigenvalue weighted by molar-refractivity contribution is -0.138. The first-order valence-corrected chi connectivity index (χ1v) is 6.58. The van der Waals surface area contributed by atoms with Gasteiger partial charge in [-0.25, -0.2) is 0 Å². The van der Waals surface area contributed by atoms with Crippen molar-refractivity contribution in [2.24, 2.45) is 5.73 Å². The molecule has 3 N–H and O–H groups in total. The Bertz CT molecular complexity index is 595. The van der Waals surface area contributed by atoms with E-state index < -0.39 is 12.0 Å². The number of aromatic nitrogens is 2. The highest BCUT2D eigenvalue weighted by Crippen LogP contribution is 2.17. The zero-order valence-corrected chi connectivity index (χ0v) is 11.7. The highest BCUT2D eigenvalue weighted by molar-refractivity contribution is 5.73. The lowest BCUT2D eigenvalue weighted by Gasteiger charge is -2.06. The third kappa shape index (κ3) is 4.11. The second-order valence-corrected chi connectivity index (χ2v) is 4.49. The summed E-state index contributed by atoms with van der Waals surface area (Å²) in [4.78, 5) is 14.9. The number of hydrogen-bond acceptors (Lipinski definition) is 6. The van der Waals surface area contributed by atoms with Gasteiger partial charge in [-0.15, -0.1) is 0 Å². The predicted octanol–water partition coefficient (Wildman–Crippen LogP) is 1.23. The SMILES string of the molecule is CCOCc1nc(-c2ccc(C[C@H](N)C(=O)O)cc2)no1. The second-order valence-electron chi connectivity index (χ2n) is 4.49. The van der Waals surface area contributed by atoms with E-state index in [1.807, 2.05) is 6.92 Å². The molecule has 0 unspecified atom stereocenters. The summed E-state index contributed by atoms with van der Waals surface area (Å²) in [6.45, 7) is 2.75. The van der Waals surface area contributed by atoms with Crippen LogP contribution in [-0.2, 0) is 22.6 Å². The molecule has 0 aliphatic rings. The van der Waals surface area contributed by atoms with Crippen LogP contribution in [0.15, 0.2) is 28.8 Å². The Morgan fingerprint density at radius 3 is 2.76 bits per heavy atom. The van der Waals surface area contributed by atoms with Crippen LogP contribution in [0, 0.1) is 0 Å². The molecular weight excluding hydrogens is 274 g/mol. The minimum Gasteiger partial charge on any atom is -0.480 e. The Morgan fingerprint density at radius 1 is 1.43 bits per heavy atom. The number of nitrogens with two attached hydrogens (primary N) is 1. The van der Waals surface area contributed by atoms with E-state index in [0.29, 0.717) is 18.3 Å². The largest absolute Gasteiger partial charge is 0.480 e. The van der Waals surface area contributed by atoms with Crippen molar-refractivity contribution >= 4 is 5.97 Å². The quantitative estimate of drug-likeness (QED) is 0.789. The molecule has 1 atom stereocenters. The van der Waals surface area contributed by atoms with Gasteiger partial charge >= 0.3 is 5.97 Å². The summed E-state index contributed by atoms with van der Waals surface area (Å²) in [5, 5.41) is 12.7. The number of carboxylic acid groups (broad SMARTS) is 1. The molecule has 1 aromatic carbocycles. The van der Waals surface area contributed by atoms with E-state index in [9.17, 15) is 4.79 Å². The fourth-order valence-corrected chi connectivity index (χ4v) is 1.75. The normalized spacial score (nSPS) is 12.3. The van der Waals surface area contributed by atoms with Crippen molar-refractivity contribution in [3.8, 4) is 11.4 Å². The average molecular weight is 291 g/mol. The van der Waals surface area contributed by atoms with E-state index in [0.717, 1.165) is 11.1 Å². The van der Waals surface area contributed by atoms with Crippen LogP contribution in [0.5, 0.6) is 0 Å². The van der Waals surface area contributed by atoms with E-state index >= 15 is 0 Å². The number of rotatable bonds is 7. The molecule has 1 aromatic heterocycles. The van der Waals surface area contributed by atoms with Gasteiger partial charge in [0.15, 0.2) is 0 Å². The van der Waals surface area contributed by atoms with Gasteiger partial charge in [-0.2, -0.15) is 4.98 Å². The van der Waals surface area contributed by atoms with Gasteiger partial charge < -0.3 is 20.1 Å². The van der Waals surface area contributed by atoms with Gasteiger partial charge in [-0.1, -0.05) is 29.4 Å².